The Balaban J connectivity index is 2.44. The first-order chi connectivity index (χ1) is 7.17. The van der Waals surface area contributed by atoms with Gasteiger partial charge in [0.05, 0.1) is 12.7 Å². The number of esters is 1. The van der Waals surface area contributed by atoms with Crippen molar-refractivity contribution < 1.29 is 9.53 Å². The lowest BCUT2D eigenvalue weighted by atomic mass is 10.3. The summed E-state index contributed by atoms with van der Waals surface area (Å²) in [5, 5.41) is 13.4. The molecule has 0 fully saturated rings. The third-order valence-electron chi connectivity index (χ3n) is 1.92. The molecule has 1 N–H and O–H groups in total. The van der Waals surface area contributed by atoms with Gasteiger partial charge in [0.2, 0.25) is 0 Å². The van der Waals surface area contributed by atoms with Gasteiger partial charge in [-0.3, -0.25) is 10.1 Å². The summed E-state index contributed by atoms with van der Waals surface area (Å²) in [7, 11) is 1.36. The van der Waals surface area contributed by atoms with Crippen molar-refractivity contribution in [3.8, 4) is 6.07 Å². The minimum atomic E-state index is -0.331. The summed E-state index contributed by atoms with van der Waals surface area (Å²) in [6.45, 7) is 2.31. The third kappa shape index (κ3) is 3.35. The monoisotopic (exact) mass is 224 g/mol. The first-order valence-corrected chi connectivity index (χ1v) is 5.34. The van der Waals surface area contributed by atoms with Crippen molar-refractivity contribution >= 4 is 17.3 Å². The molecule has 0 saturated carbocycles. The molecule has 15 heavy (non-hydrogen) atoms. The number of carbonyl (C=O) groups excluding carboxylic acids is 1. The van der Waals surface area contributed by atoms with Gasteiger partial charge in [-0.1, -0.05) is 0 Å². The van der Waals surface area contributed by atoms with E-state index in [0.29, 0.717) is 12.1 Å². The Labute approximate surface area is 92.5 Å². The number of rotatable bonds is 4. The molecule has 1 rings (SSSR count). The predicted octanol–water partition coefficient (Wildman–Crippen LogP) is 1.27. The van der Waals surface area contributed by atoms with Crippen molar-refractivity contribution in [2.45, 2.75) is 19.5 Å². The number of ether oxygens (including phenoxy) is 1. The van der Waals surface area contributed by atoms with Gasteiger partial charge in [-0.05, 0) is 13.0 Å². The number of methoxy groups -OCH3 is 1. The fourth-order valence-electron chi connectivity index (χ4n) is 1.05. The lowest BCUT2D eigenvalue weighted by Gasteiger charge is -2.09. The molecule has 0 saturated heterocycles. The number of carbonyl (C=O) groups is 1. The van der Waals surface area contributed by atoms with Gasteiger partial charge in [-0.25, -0.2) is 0 Å². The van der Waals surface area contributed by atoms with Crippen LogP contribution in [-0.2, 0) is 16.1 Å². The Kier molecular flexibility index (Phi) is 4.28. The molecule has 0 aliphatic rings. The van der Waals surface area contributed by atoms with Crippen molar-refractivity contribution in [2.75, 3.05) is 7.11 Å². The molecule has 1 aromatic rings. The zero-order valence-electron chi connectivity index (χ0n) is 8.61. The van der Waals surface area contributed by atoms with Crippen molar-refractivity contribution in [2.24, 2.45) is 0 Å². The van der Waals surface area contributed by atoms with E-state index in [1.165, 1.54) is 18.4 Å². The highest BCUT2D eigenvalue weighted by molar-refractivity contribution is 7.10. The highest BCUT2D eigenvalue weighted by Gasteiger charge is 2.12. The maximum atomic E-state index is 11.1. The summed E-state index contributed by atoms with van der Waals surface area (Å²) in [4.78, 5) is 12.1. The Morgan fingerprint density at radius 3 is 3.07 bits per heavy atom. The molecule has 80 valence electrons. The Bertz CT molecular complexity index is 381. The molecule has 0 radical (unpaired) electrons. The molecule has 0 aromatic carbocycles. The zero-order chi connectivity index (χ0) is 11.3. The van der Waals surface area contributed by atoms with Gasteiger partial charge in [-0.2, -0.15) is 5.26 Å². The summed E-state index contributed by atoms with van der Waals surface area (Å²) in [5.41, 5.74) is 0.655. The van der Waals surface area contributed by atoms with Gasteiger partial charge in [0, 0.05) is 16.8 Å². The Morgan fingerprint density at radius 1 is 1.80 bits per heavy atom. The van der Waals surface area contributed by atoms with E-state index < -0.39 is 0 Å². The lowest BCUT2D eigenvalue weighted by molar-refractivity contribution is -0.142. The van der Waals surface area contributed by atoms with E-state index in [2.05, 4.69) is 16.1 Å². The van der Waals surface area contributed by atoms with Gasteiger partial charge in [-0.15, -0.1) is 11.3 Å². The van der Waals surface area contributed by atoms with Crippen molar-refractivity contribution in [3.05, 3.63) is 21.9 Å². The summed E-state index contributed by atoms with van der Waals surface area (Å²) >= 11 is 1.50. The maximum absolute atomic E-state index is 11.1. The standard InChI is InChI=1S/C10H12N2O2S/c1-7(10(13)14-2)12-5-9-3-8(4-11)6-15-9/h3,6-7,12H,5H2,1-2H3. The highest BCUT2D eigenvalue weighted by Crippen LogP contribution is 2.13. The van der Waals surface area contributed by atoms with Crippen LogP contribution in [0.3, 0.4) is 0 Å². The molecule has 1 atom stereocenters. The smallest absolute Gasteiger partial charge is 0.322 e. The number of thiophene rings is 1. The molecule has 0 aliphatic heterocycles. The molecule has 1 heterocycles. The van der Waals surface area contributed by atoms with Gasteiger partial charge < -0.3 is 4.74 Å². The van der Waals surface area contributed by atoms with Crippen LogP contribution in [0.5, 0.6) is 0 Å². The molecular formula is C10H12N2O2S. The molecule has 0 spiro atoms. The normalized spacial score (nSPS) is 11.8. The van der Waals surface area contributed by atoms with E-state index in [1.54, 1.807) is 12.3 Å². The fourth-order valence-corrected chi connectivity index (χ4v) is 1.81. The summed E-state index contributed by atoms with van der Waals surface area (Å²) in [6.07, 6.45) is 0. The van der Waals surface area contributed by atoms with E-state index >= 15 is 0 Å². The van der Waals surface area contributed by atoms with E-state index in [1.807, 2.05) is 6.07 Å². The number of hydrogen-bond donors (Lipinski definition) is 1. The van der Waals surface area contributed by atoms with Gasteiger partial charge in [0.1, 0.15) is 12.1 Å². The summed E-state index contributed by atoms with van der Waals surface area (Å²) in [6, 6.07) is 3.54. The van der Waals surface area contributed by atoms with Crippen LogP contribution in [0.1, 0.15) is 17.4 Å². The SMILES string of the molecule is COC(=O)C(C)NCc1cc(C#N)cs1. The number of nitriles is 1. The highest BCUT2D eigenvalue weighted by atomic mass is 32.1. The van der Waals surface area contributed by atoms with Crippen LogP contribution in [0.4, 0.5) is 0 Å². The largest absolute Gasteiger partial charge is 0.468 e. The first-order valence-electron chi connectivity index (χ1n) is 4.46. The van der Waals surface area contributed by atoms with Crippen LogP contribution >= 0.6 is 11.3 Å². The van der Waals surface area contributed by atoms with Gasteiger partial charge in [0.25, 0.3) is 0 Å². The maximum Gasteiger partial charge on any atom is 0.322 e. The van der Waals surface area contributed by atoms with Crippen molar-refractivity contribution in [3.63, 3.8) is 0 Å². The van der Waals surface area contributed by atoms with Crippen LogP contribution < -0.4 is 5.32 Å². The molecule has 5 heteroatoms. The van der Waals surface area contributed by atoms with E-state index in [0.717, 1.165) is 4.88 Å². The van der Waals surface area contributed by atoms with Crippen LogP contribution in [-0.4, -0.2) is 19.1 Å². The Morgan fingerprint density at radius 2 is 2.53 bits per heavy atom. The molecule has 0 aliphatic carbocycles. The quantitative estimate of drug-likeness (QED) is 0.782. The average molecular weight is 224 g/mol. The van der Waals surface area contributed by atoms with E-state index in [9.17, 15) is 4.79 Å². The van der Waals surface area contributed by atoms with Crippen LogP contribution in [0.25, 0.3) is 0 Å². The number of nitrogens with zero attached hydrogens (tertiary/aromatic N) is 1. The van der Waals surface area contributed by atoms with Crippen molar-refractivity contribution in [1.29, 1.82) is 5.26 Å². The minimum Gasteiger partial charge on any atom is -0.468 e. The molecule has 4 nitrogen and oxygen atoms in total. The second-order valence-electron chi connectivity index (χ2n) is 3.04. The number of nitrogens with one attached hydrogen (secondary N) is 1. The van der Waals surface area contributed by atoms with E-state index in [4.69, 9.17) is 5.26 Å². The van der Waals surface area contributed by atoms with Crippen molar-refractivity contribution in [1.82, 2.24) is 5.32 Å². The first kappa shape index (κ1) is 11.7. The van der Waals surface area contributed by atoms with Crippen LogP contribution in [0.2, 0.25) is 0 Å². The average Bonchev–Trinajstić information content (AvgIpc) is 2.72. The Hall–Kier alpha value is -1.38. The van der Waals surface area contributed by atoms with E-state index in [-0.39, 0.29) is 12.0 Å². The summed E-state index contributed by atoms with van der Waals surface area (Å²) < 4.78 is 4.58. The second-order valence-corrected chi connectivity index (χ2v) is 4.04. The molecule has 1 unspecified atom stereocenters. The van der Waals surface area contributed by atoms with Crippen LogP contribution in [0.15, 0.2) is 11.4 Å². The molecule has 0 bridgehead atoms. The molecule has 0 amide bonds. The zero-order valence-corrected chi connectivity index (χ0v) is 9.43. The molecular weight excluding hydrogens is 212 g/mol. The third-order valence-corrected chi connectivity index (χ3v) is 2.86. The predicted molar refractivity (Wildman–Crippen MR) is 57.4 cm³/mol. The van der Waals surface area contributed by atoms with Gasteiger partial charge >= 0.3 is 5.97 Å². The fraction of sp³-hybridized carbons (Fsp3) is 0.400. The summed E-state index contributed by atoms with van der Waals surface area (Å²) in [5.74, 6) is -0.285. The second kappa shape index (κ2) is 5.49. The minimum absolute atomic E-state index is 0.285. The molecule has 1 aromatic heterocycles. The number of hydrogen-bond acceptors (Lipinski definition) is 5. The van der Waals surface area contributed by atoms with Crippen LogP contribution in [0, 0.1) is 11.3 Å². The van der Waals surface area contributed by atoms with Gasteiger partial charge in [0.15, 0.2) is 0 Å². The topological polar surface area (TPSA) is 62.1 Å². The lowest BCUT2D eigenvalue weighted by Crippen LogP contribution is -2.34.